The van der Waals surface area contributed by atoms with Crippen LogP contribution in [0.3, 0.4) is 0 Å². The van der Waals surface area contributed by atoms with E-state index in [1.54, 1.807) is 16.9 Å². The minimum absolute atomic E-state index is 0.342. The zero-order valence-electron chi connectivity index (χ0n) is 10.1. The topological polar surface area (TPSA) is 82.8 Å². The number of hydrogen-bond acceptors (Lipinski definition) is 5. The summed E-state index contributed by atoms with van der Waals surface area (Å²) in [7, 11) is 0. The van der Waals surface area contributed by atoms with Gasteiger partial charge in [-0.25, -0.2) is 19.0 Å². The molecule has 0 atom stereocenters. The van der Waals surface area contributed by atoms with Gasteiger partial charge in [0, 0.05) is 5.39 Å². The van der Waals surface area contributed by atoms with Crippen LogP contribution in [-0.2, 0) is 0 Å². The number of hydrogen-bond donors (Lipinski definition) is 1. The Labute approximate surface area is 111 Å². The van der Waals surface area contributed by atoms with Gasteiger partial charge in [-0.1, -0.05) is 0 Å². The van der Waals surface area contributed by atoms with Crippen molar-refractivity contribution < 1.29 is 8.81 Å². The predicted molar refractivity (Wildman–Crippen MR) is 70.8 cm³/mol. The zero-order valence-corrected chi connectivity index (χ0v) is 10.1. The molecule has 0 bridgehead atoms. The number of benzene rings is 1. The highest BCUT2D eigenvalue weighted by atomic mass is 19.1. The Hall–Kier alpha value is -2.96. The fourth-order valence-corrected chi connectivity index (χ4v) is 2.19. The molecule has 0 amide bonds. The third-order valence-electron chi connectivity index (χ3n) is 3.14. The van der Waals surface area contributed by atoms with Crippen molar-refractivity contribution in [3.8, 4) is 5.69 Å². The molecule has 7 heteroatoms. The Kier molecular flexibility index (Phi) is 2.06. The summed E-state index contributed by atoms with van der Waals surface area (Å²) >= 11 is 0. The second-order valence-electron chi connectivity index (χ2n) is 4.31. The number of nitrogens with two attached hydrogens (primary N) is 1. The molecule has 0 fully saturated rings. The standard InChI is InChI=1S/C13H8FN5O/c14-7-1-2-11-8(3-7)10(5-20-11)19-13-9(4-18-19)12(15)16-6-17-13/h1-6H,(H2,15,16,17). The first-order valence-corrected chi connectivity index (χ1v) is 5.85. The second kappa shape index (κ2) is 3.77. The first kappa shape index (κ1) is 10.9. The minimum atomic E-state index is -0.342. The number of nitrogens with zero attached hydrogens (tertiary/aromatic N) is 4. The van der Waals surface area contributed by atoms with Crippen molar-refractivity contribution in [3.05, 3.63) is 42.8 Å². The SMILES string of the molecule is Nc1ncnc2c1cnn2-c1coc2ccc(F)cc12. The molecule has 3 heterocycles. The molecular weight excluding hydrogens is 261 g/mol. The Morgan fingerprint density at radius 1 is 1.20 bits per heavy atom. The molecule has 4 aromatic rings. The molecule has 3 aromatic heterocycles. The van der Waals surface area contributed by atoms with Crippen molar-refractivity contribution >= 4 is 27.8 Å². The van der Waals surface area contributed by atoms with Gasteiger partial charge in [0.15, 0.2) is 5.65 Å². The molecule has 0 aliphatic carbocycles. The van der Waals surface area contributed by atoms with Crippen molar-refractivity contribution in [1.29, 1.82) is 0 Å². The van der Waals surface area contributed by atoms with Crippen LogP contribution in [0.25, 0.3) is 27.7 Å². The Morgan fingerprint density at radius 2 is 2.10 bits per heavy atom. The molecule has 0 radical (unpaired) electrons. The van der Waals surface area contributed by atoms with E-state index in [9.17, 15) is 4.39 Å². The molecule has 20 heavy (non-hydrogen) atoms. The van der Waals surface area contributed by atoms with Crippen LogP contribution in [0.5, 0.6) is 0 Å². The van der Waals surface area contributed by atoms with E-state index in [1.165, 1.54) is 24.7 Å². The monoisotopic (exact) mass is 269 g/mol. The predicted octanol–water partition coefficient (Wildman–Crippen LogP) is 2.28. The first-order chi connectivity index (χ1) is 9.74. The molecule has 0 saturated heterocycles. The van der Waals surface area contributed by atoms with Gasteiger partial charge in [-0.2, -0.15) is 5.10 Å². The van der Waals surface area contributed by atoms with Gasteiger partial charge >= 0.3 is 0 Å². The van der Waals surface area contributed by atoms with Crippen LogP contribution >= 0.6 is 0 Å². The van der Waals surface area contributed by atoms with Gasteiger partial charge < -0.3 is 10.2 Å². The number of rotatable bonds is 1. The summed E-state index contributed by atoms with van der Waals surface area (Å²) in [4.78, 5) is 8.07. The normalized spacial score (nSPS) is 11.4. The lowest BCUT2D eigenvalue weighted by Gasteiger charge is -2.00. The number of fused-ring (bicyclic) bond motifs is 2. The Morgan fingerprint density at radius 3 is 3.00 bits per heavy atom. The van der Waals surface area contributed by atoms with E-state index in [4.69, 9.17) is 10.2 Å². The van der Waals surface area contributed by atoms with E-state index >= 15 is 0 Å². The molecule has 0 unspecified atom stereocenters. The van der Waals surface area contributed by atoms with Crippen molar-refractivity contribution in [2.75, 3.05) is 5.73 Å². The van der Waals surface area contributed by atoms with Crippen LogP contribution < -0.4 is 5.73 Å². The van der Waals surface area contributed by atoms with Gasteiger partial charge in [0.25, 0.3) is 0 Å². The van der Waals surface area contributed by atoms with E-state index in [0.717, 1.165) is 0 Å². The quantitative estimate of drug-likeness (QED) is 0.573. The van der Waals surface area contributed by atoms with Crippen LogP contribution in [0, 0.1) is 5.82 Å². The molecule has 6 nitrogen and oxygen atoms in total. The number of aromatic nitrogens is 4. The fraction of sp³-hybridized carbons (Fsp3) is 0. The van der Waals surface area contributed by atoms with Gasteiger partial charge in [-0.05, 0) is 18.2 Å². The highest BCUT2D eigenvalue weighted by molar-refractivity contribution is 5.91. The molecular formula is C13H8FN5O. The van der Waals surface area contributed by atoms with Crippen LogP contribution in [0.4, 0.5) is 10.2 Å². The maximum atomic E-state index is 13.4. The summed E-state index contributed by atoms with van der Waals surface area (Å²) in [5.74, 6) is 0.00554. The van der Waals surface area contributed by atoms with Crippen molar-refractivity contribution in [2.45, 2.75) is 0 Å². The van der Waals surface area contributed by atoms with E-state index in [-0.39, 0.29) is 5.82 Å². The summed E-state index contributed by atoms with van der Waals surface area (Å²) in [6, 6.07) is 4.31. The van der Waals surface area contributed by atoms with Gasteiger partial charge in [0.2, 0.25) is 0 Å². The van der Waals surface area contributed by atoms with Crippen LogP contribution in [-0.4, -0.2) is 19.7 Å². The number of halogens is 1. The van der Waals surface area contributed by atoms with E-state index in [2.05, 4.69) is 15.1 Å². The van der Waals surface area contributed by atoms with Crippen molar-refractivity contribution in [2.24, 2.45) is 0 Å². The largest absolute Gasteiger partial charge is 0.462 e. The lowest BCUT2D eigenvalue weighted by Crippen LogP contribution is -1.98. The van der Waals surface area contributed by atoms with Gasteiger partial charge in [0.05, 0.1) is 11.6 Å². The molecule has 0 aliphatic rings. The Balaban J connectivity index is 2.06. The first-order valence-electron chi connectivity index (χ1n) is 5.85. The molecule has 4 rings (SSSR count). The van der Waals surface area contributed by atoms with E-state index in [0.29, 0.717) is 33.5 Å². The van der Waals surface area contributed by atoms with Gasteiger partial charge in [0.1, 0.15) is 35.5 Å². The summed E-state index contributed by atoms with van der Waals surface area (Å²) in [5, 5.41) is 5.49. The molecule has 0 saturated carbocycles. The van der Waals surface area contributed by atoms with Gasteiger partial charge in [-0.15, -0.1) is 0 Å². The number of anilines is 1. The molecule has 98 valence electrons. The van der Waals surface area contributed by atoms with Crippen LogP contribution in [0.2, 0.25) is 0 Å². The molecule has 0 aliphatic heterocycles. The van der Waals surface area contributed by atoms with Crippen molar-refractivity contribution in [3.63, 3.8) is 0 Å². The zero-order chi connectivity index (χ0) is 13.7. The Bertz CT molecular complexity index is 939. The van der Waals surface area contributed by atoms with Crippen molar-refractivity contribution in [1.82, 2.24) is 19.7 Å². The summed E-state index contributed by atoms with van der Waals surface area (Å²) in [5.41, 5.74) is 7.50. The van der Waals surface area contributed by atoms with Crippen LogP contribution in [0.15, 0.2) is 41.4 Å². The summed E-state index contributed by atoms with van der Waals surface area (Å²) < 4.78 is 20.4. The molecule has 1 aromatic carbocycles. The smallest absolute Gasteiger partial charge is 0.168 e. The summed E-state index contributed by atoms with van der Waals surface area (Å²) in [6.07, 6.45) is 4.44. The second-order valence-corrected chi connectivity index (χ2v) is 4.31. The minimum Gasteiger partial charge on any atom is -0.462 e. The average Bonchev–Trinajstić information content (AvgIpc) is 3.02. The lowest BCUT2D eigenvalue weighted by molar-refractivity contribution is 0.606. The molecule has 2 N–H and O–H groups in total. The third kappa shape index (κ3) is 1.40. The maximum Gasteiger partial charge on any atom is 0.168 e. The highest BCUT2D eigenvalue weighted by Gasteiger charge is 2.14. The third-order valence-corrected chi connectivity index (χ3v) is 3.14. The number of furan rings is 1. The maximum absolute atomic E-state index is 13.4. The van der Waals surface area contributed by atoms with Crippen LogP contribution in [0.1, 0.15) is 0 Å². The van der Waals surface area contributed by atoms with Gasteiger partial charge in [-0.3, -0.25) is 0 Å². The highest BCUT2D eigenvalue weighted by Crippen LogP contribution is 2.27. The van der Waals surface area contributed by atoms with E-state index < -0.39 is 0 Å². The van der Waals surface area contributed by atoms with E-state index in [1.807, 2.05) is 0 Å². The average molecular weight is 269 g/mol. The number of nitrogen functional groups attached to an aromatic ring is 1. The lowest BCUT2D eigenvalue weighted by atomic mass is 10.2. The molecule has 0 spiro atoms. The summed E-state index contributed by atoms with van der Waals surface area (Å²) in [6.45, 7) is 0. The fourth-order valence-electron chi connectivity index (χ4n) is 2.19.